The number of nitrogens with zero attached hydrogens (tertiary/aromatic N) is 2. The van der Waals surface area contributed by atoms with Crippen molar-refractivity contribution in [2.24, 2.45) is 5.73 Å². The van der Waals surface area contributed by atoms with E-state index in [1.165, 1.54) is 12.0 Å². The molecule has 4 aromatic carbocycles. The molecule has 1 unspecified atom stereocenters. The highest BCUT2D eigenvalue weighted by Crippen LogP contribution is 2.45. The molecular formula is C32H30N4O4. The van der Waals surface area contributed by atoms with Crippen molar-refractivity contribution in [3.8, 4) is 5.75 Å². The van der Waals surface area contributed by atoms with Crippen LogP contribution >= 0.6 is 0 Å². The van der Waals surface area contributed by atoms with E-state index >= 15 is 0 Å². The Kier molecular flexibility index (Phi) is 6.84. The maximum Gasteiger partial charge on any atom is 0.329 e. The van der Waals surface area contributed by atoms with Gasteiger partial charge in [-0.1, -0.05) is 60.7 Å². The van der Waals surface area contributed by atoms with Gasteiger partial charge in [-0.2, -0.15) is 5.06 Å². The third-order valence-corrected chi connectivity index (χ3v) is 7.12. The zero-order valence-electron chi connectivity index (χ0n) is 22.2. The van der Waals surface area contributed by atoms with Gasteiger partial charge in [0.1, 0.15) is 18.0 Å². The first-order valence-corrected chi connectivity index (χ1v) is 13.3. The lowest BCUT2D eigenvalue weighted by Gasteiger charge is -2.36. The van der Waals surface area contributed by atoms with Crippen LogP contribution in [-0.4, -0.2) is 23.0 Å². The van der Waals surface area contributed by atoms with Crippen molar-refractivity contribution in [1.29, 1.82) is 0 Å². The van der Waals surface area contributed by atoms with Gasteiger partial charge in [-0.15, -0.1) is 0 Å². The molecule has 8 heteroatoms. The van der Waals surface area contributed by atoms with Crippen molar-refractivity contribution in [2.75, 3.05) is 16.9 Å². The second-order valence-electron chi connectivity index (χ2n) is 9.86. The van der Waals surface area contributed by atoms with Crippen molar-refractivity contribution in [1.82, 2.24) is 4.57 Å². The minimum absolute atomic E-state index is 0.286. The van der Waals surface area contributed by atoms with Gasteiger partial charge in [-0.3, -0.25) is 9.59 Å². The number of rotatable bonds is 8. The fourth-order valence-corrected chi connectivity index (χ4v) is 5.33. The Morgan fingerprint density at radius 3 is 2.58 bits per heavy atom. The number of fused-ring (bicyclic) bond motifs is 4. The van der Waals surface area contributed by atoms with Crippen LogP contribution in [-0.2, 0) is 27.6 Å². The lowest BCUT2D eigenvalue weighted by molar-refractivity contribution is -0.144. The van der Waals surface area contributed by atoms with Crippen LogP contribution < -0.4 is 20.9 Å². The SMILES string of the molecule is CC(=O)ON1c2c(ccc3ccccc23)NC(=O)C1c1cn(CCCN)c2cc(OCc3ccccc3)ccc12. The summed E-state index contributed by atoms with van der Waals surface area (Å²) in [6.45, 7) is 2.98. The Bertz CT molecular complexity index is 1710. The molecule has 0 fully saturated rings. The molecule has 1 aromatic heterocycles. The molecule has 0 aliphatic carbocycles. The zero-order valence-corrected chi connectivity index (χ0v) is 22.2. The summed E-state index contributed by atoms with van der Waals surface area (Å²) in [6, 6.07) is 26.5. The Balaban J connectivity index is 1.46. The molecule has 3 N–H and O–H groups in total. The van der Waals surface area contributed by atoms with Gasteiger partial charge in [0.05, 0.1) is 11.2 Å². The number of hydrogen-bond donors (Lipinski definition) is 2. The Morgan fingerprint density at radius 1 is 0.975 bits per heavy atom. The van der Waals surface area contributed by atoms with Crippen molar-refractivity contribution in [2.45, 2.75) is 32.5 Å². The Hall–Kier alpha value is -4.82. The molecule has 40 heavy (non-hydrogen) atoms. The van der Waals surface area contributed by atoms with E-state index in [4.69, 9.17) is 15.3 Å². The van der Waals surface area contributed by atoms with Gasteiger partial charge >= 0.3 is 5.97 Å². The number of hydroxylamine groups is 1. The Labute approximate surface area is 231 Å². The minimum Gasteiger partial charge on any atom is -0.489 e. The molecule has 6 rings (SSSR count). The third-order valence-electron chi connectivity index (χ3n) is 7.12. The Morgan fingerprint density at radius 2 is 1.77 bits per heavy atom. The maximum absolute atomic E-state index is 13.7. The minimum atomic E-state index is -0.903. The van der Waals surface area contributed by atoms with Gasteiger partial charge in [-0.25, -0.2) is 0 Å². The second kappa shape index (κ2) is 10.7. The number of aromatic nitrogens is 1. The summed E-state index contributed by atoms with van der Waals surface area (Å²) in [6.07, 6.45) is 2.72. The van der Waals surface area contributed by atoms with E-state index in [1.807, 2.05) is 91.1 Å². The lowest BCUT2D eigenvalue weighted by atomic mass is 9.98. The van der Waals surface area contributed by atoms with Gasteiger partial charge in [-0.05, 0) is 42.1 Å². The highest BCUT2D eigenvalue weighted by Gasteiger charge is 2.39. The molecule has 1 atom stereocenters. The van der Waals surface area contributed by atoms with E-state index in [-0.39, 0.29) is 5.91 Å². The molecule has 1 aliphatic rings. The summed E-state index contributed by atoms with van der Waals surface area (Å²) in [4.78, 5) is 31.8. The van der Waals surface area contributed by atoms with Crippen molar-refractivity contribution < 1.29 is 19.2 Å². The first-order chi connectivity index (χ1) is 19.5. The number of amides is 1. The fraction of sp³-hybridized carbons (Fsp3) is 0.188. The number of carbonyl (C=O) groups is 2. The zero-order chi connectivity index (χ0) is 27.6. The van der Waals surface area contributed by atoms with Crippen molar-refractivity contribution >= 4 is 44.9 Å². The van der Waals surface area contributed by atoms with Crippen LogP contribution in [0.5, 0.6) is 5.75 Å². The summed E-state index contributed by atoms with van der Waals surface area (Å²) in [7, 11) is 0. The molecule has 0 radical (unpaired) electrons. The molecule has 8 nitrogen and oxygen atoms in total. The predicted octanol–water partition coefficient (Wildman–Crippen LogP) is 5.70. The quantitative estimate of drug-likeness (QED) is 0.265. The highest BCUT2D eigenvalue weighted by molar-refractivity contribution is 6.12. The summed E-state index contributed by atoms with van der Waals surface area (Å²) >= 11 is 0. The van der Waals surface area contributed by atoms with E-state index in [9.17, 15) is 9.59 Å². The van der Waals surface area contributed by atoms with Crippen LogP contribution in [0.1, 0.15) is 30.5 Å². The standard InChI is InChI=1S/C32H30N4O4/c1-21(37)40-36-30-25-11-6-5-10-23(25)12-15-28(30)34-32(38)31(36)27-19-35(17-7-16-33)29-18-24(13-14-26(27)29)39-20-22-8-3-2-4-9-22/h2-6,8-15,18-19,31H,7,16-17,20,33H2,1H3,(H,34,38). The highest BCUT2D eigenvalue weighted by atomic mass is 16.7. The molecule has 0 saturated heterocycles. The molecule has 0 saturated carbocycles. The van der Waals surface area contributed by atoms with Gasteiger partial charge in [0.25, 0.3) is 5.91 Å². The van der Waals surface area contributed by atoms with Gasteiger partial charge in [0.15, 0.2) is 6.04 Å². The van der Waals surface area contributed by atoms with Crippen LogP contribution in [0.4, 0.5) is 11.4 Å². The molecule has 202 valence electrons. The second-order valence-corrected chi connectivity index (χ2v) is 9.86. The molecule has 0 bridgehead atoms. The van der Waals surface area contributed by atoms with E-state index < -0.39 is 12.0 Å². The smallest absolute Gasteiger partial charge is 0.329 e. The molecule has 1 amide bonds. The fourth-order valence-electron chi connectivity index (χ4n) is 5.33. The van der Waals surface area contributed by atoms with E-state index in [2.05, 4.69) is 9.88 Å². The summed E-state index contributed by atoms with van der Waals surface area (Å²) in [5, 5.41) is 7.21. The van der Waals surface area contributed by atoms with Crippen LogP contribution in [0, 0.1) is 0 Å². The number of benzene rings is 4. The molecule has 1 aliphatic heterocycles. The van der Waals surface area contributed by atoms with Crippen LogP contribution in [0.2, 0.25) is 0 Å². The number of hydrogen-bond acceptors (Lipinski definition) is 6. The van der Waals surface area contributed by atoms with Crippen molar-refractivity contribution in [3.05, 3.63) is 102 Å². The van der Waals surface area contributed by atoms with Gasteiger partial charge in [0, 0.05) is 42.1 Å². The normalized spacial score (nSPS) is 14.7. The molecular weight excluding hydrogens is 504 g/mol. The number of aryl methyl sites for hydroxylation is 1. The van der Waals surface area contributed by atoms with Crippen LogP contribution in [0.15, 0.2) is 91.1 Å². The number of carbonyl (C=O) groups excluding carboxylic acids is 2. The van der Waals surface area contributed by atoms with Crippen molar-refractivity contribution in [3.63, 3.8) is 0 Å². The summed E-state index contributed by atoms with van der Waals surface area (Å²) in [5.41, 5.74) is 9.78. The lowest BCUT2D eigenvalue weighted by Crippen LogP contribution is -2.42. The van der Waals surface area contributed by atoms with Gasteiger partial charge in [0.2, 0.25) is 0 Å². The van der Waals surface area contributed by atoms with E-state index in [0.29, 0.717) is 31.1 Å². The largest absolute Gasteiger partial charge is 0.489 e. The van der Waals surface area contributed by atoms with Gasteiger partial charge < -0.3 is 25.2 Å². The maximum atomic E-state index is 13.7. The number of anilines is 2. The molecule has 0 spiro atoms. The van der Waals surface area contributed by atoms with Crippen LogP contribution in [0.25, 0.3) is 21.7 Å². The average molecular weight is 535 g/mol. The number of ether oxygens (including phenoxy) is 1. The first-order valence-electron chi connectivity index (χ1n) is 13.3. The van der Waals surface area contributed by atoms with E-state index in [0.717, 1.165) is 45.0 Å². The number of nitrogens with two attached hydrogens (primary N) is 1. The molecule has 5 aromatic rings. The summed E-state index contributed by atoms with van der Waals surface area (Å²) in [5.74, 6) is -0.0790. The summed E-state index contributed by atoms with van der Waals surface area (Å²) < 4.78 is 8.19. The third kappa shape index (κ3) is 4.74. The van der Waals surface area contributed by atoms with E-state index in [1.54, 1.807) is 0 Å². The predicted molar refractivity (Wildman–Crippen MR) is 156 cm³/mol. The topological polar surface area (TPSA) is 98.8 Å². The molecule has 2 heterocycles. The first kappa shape index (κ1) is 25.5. The van der Waals surface area contributed by atoms with Crippen LogP contribution in [0.3, 0.4) is 0 Å². The average Bonchev–Trinajstić information content (AvgIpc) is 3.32. The number of nitrogens with one attached hydrogen (secondary N) is 1. The monoisotopic (exact) mass is 534 g/mol.